The van der Waals surface area contributed by atoms with E-state index in [1.54, 1.807) is 36.7 Å². The fraction of sp³-hybridized carbons (Fsp3) is 0. The monoisotopic (exact) mass is 214 g/mol. The molecule has 0 aliphatic carbocycles. The number of carbonyl (C=O) groups excluding carboxylic acids is 1. The first-order chi connectivity index (χ1) is 7.70. The lowest BCUT2D eigenvalue weighted by atomic mass is 10.0. The average Bonchev–Trinajstić information content (AvgIpc) is 2.29. The Morgan fingerprint density at radius 2 is 1.81 bits per heavy atom. The van der Waals surface area contributed by atoms with Crippen LogP contribution in [0.1, 0.15) is 10.4 Å². The Bertz CT molecular complexity index is 525. The van der Waals surface area contributed by atoms with Gasteiger partial charge in [0.2, 0.25) is 5.91 Å². The number of nitrogens with zero attached hydrogens (tertiary/aromatic N) is 2. The molecule has 1 amide bonds. The molecule has 5 nitrogen and oxygen atoms in total. The molecule has 1 aromatic carbocycles. The van der Waals surface area contributed by atoms with Gasteiger partial charge in [-0.1, -0.05) is 6.07 Å². The van der Waals surface area contributed by atoms with E-state index < -0.39 is 5.91 Å². The molecule has 0 atom stereocenters. The number of hydrogen-bond acceptors (Lipinski definition) is 4. The molecule has 0 fully saturated rings. The number of rotatable bonds is 2. The fourth-order valence-electron chi connectivity index (χ4n) is 1.45. The number of nitrogen functional groups attached to an aromatic ring is 1. The largest absolute Gasteiger partial charge is 0.398 e. The van der Waals surface area contributed by atoms with Crippen LogP contribution < -0.4 is 11.5 Å². The highest BCUT2D eigenvalue weighted by atomic mass is 16.1. The minimum absolute atomic E-state index is 0.325. The first-order valence-corrected chi connectivity index (χ1v) is 4.66. The molecule has 0 aliphatic rings. The maximum Gasteiger partial charge on any atom is 0.249 e. The molecule has 16 heavy (non-hydrogen) atoms. The second-order valence-electron chi connectivity index (χ2n) is 3.21. The standard InChI is InChI=1S/C11H10N4O/c12-8-4-1-3-7(10(13)16)9(8)11-14-5-2-6-15-11/h1-6H,12H2,(H2,13,16). The van der Waals surface area contributed by atoms with Gasteiger partial charge in [0.25, 0.3) is 0 Å². The van der Waals surface area contributed by atoms with Crippen molar-refractivity contribution < 1.29 is 4.79 Å². The summed E-state index contributed by atoms with van der Waals surface area (Å²) in [4.78, 5) is 19.4. The molecule has 0 saturated heterocycles. The lowest BCUT2D eigenvalue weighted by molar-refractivity contribution is 0.100. The van der Waals surface area contributed by atoms with E-state index in [2.05, 4.69) is 9.97 Å². The van der Waals surface area contributed by atoms with Gasteiger partial charge in [-0.25, -0.2) is 9.97 Å². The van der Waals surface area contributed by atoms with E-state index in [0.29, 0.717) is 22.6 Å². The van der Waals surface area contributed by atoms with Gasteiger partial charge in [-0.05, 0) is 18.2 Å². The number of primary amides is 1. The maximum absolute atomic E-state index is 11.3. The zero-order valence-electron chi connectivity index (χ0n) is 8.42. The lowest BCUT2D eigenvalue weighted by Crippen LogP contribution is -2.14. The Balaban J connectivity index is 2.68. The number of benzene rings is 1. The fourth-order valence-corrected chi connectivity index (χ4v) is 1.45. The second kappa shape index (κ2) is 3.98. The Kier molecular flexibility index (Phi) is 2.51. The number of nitrogens with two attached hydrogens (primary N) is 2. The van der Waals surface area contributed by atoms with Crippen molar-refractivity contribution in [1.29, 1.82) is 0 Å². The van der Waals surface area contributed by atoms with Gasteiger partial charge in [0.1, 0.15) is 0 Å². The minimum atomic E-state index is -0.547. The molecule has 0 aliphatic heterocycles. The SMILES string of the molecule is NC(=O)c1cccc(N)c1-c1ncccn1. The molecule has 0 bridgehead atoms. The van der Waals surface area contributed by atoms with Crippen molar-refractivity contribution in [3.05, 3.63) is 42.2 Å². The van der Waals surface area contributed by atoms with Crippen molar-refractivity contribution >= 4 is 11.6 Å². The normalized spacial score (nSPS) is 10.0. The van der Waals surface area contributed by atoms with Gasteiger partial charge in [0, 0.05) is 18.1 Å². The predicted molar refractivity (Wildman–Crippen MR) is 60.4 cm³/mol. The van der Waals surface area contributed by atoms with E-state index in [9.17, 15) is 4.79 Å². The van der Waals surface area contributed by atoms with E-state index in [4.69, 9.17) is 11.5 Å². The summed E-state index contributed by atoms with van der Waals surface area (Å²) in [5, 5.41) is 0. The maximum atomic E-state index is 11.3. The van der Waals surface area contributed by atoms with E-state index in [0.717, 1.165) is 0 Å². The van der Waals surface area contributed by atoms with E-state index in [1.807, 2.05) is 0 Å². The van der Waals surface area contributed by atoms with Crippen molar-refractivity contribution in [2.75, 3.05) is 5.73 Å². The predicted octanol–water partition coefficient (Wildman–Crippen LogP) is 0.825. The molecule has 0 radical (unpaired) electrons. The third-order valence-corrected chi connectivity index (χ3v) is 2.15. The Morgan fingerprint density at radius 3 is 2.44 bits per heavy atom. The van der Waals surface area contributed by atoms with E-state index >= 15 is 0 Å². The third-order valence-electron chi connectivity index (χ3n) is 2.15. The zero-order chi connectivity index (χ0) is 11.5. The van der Waals surface area contributed by atoms with Gasteiger partial charge in [0.15, 0.2) is 5.82 Å². The average molecular weight is 214 g/mol. The molecule has 0 saturated carbocycles. The van der Waals surface area contributed by atoms with Crippen LogP contribution in [-0.4, -0.2) is 15.9 Å². The summed E-state index contributed by atoms with van der Waals surface area (Å²) in [6, 6.07) is 6.64. The van der Waals surface area contributed by atoms with Crippen molar-refractivity contribution in [3.8, 4) is 11.4 Å². The molecule has 0 unspecified atom stereocenters. The third kappa shape index (κ3) is 1.70. The van der Waals surface area contributed by atoms with Crippen LogP contribution in [0.4, 0.5) is 5.69 Å². The molecular formula is C11H10N4O. The summed E-state index contributed by atoms with van der Waals surface area (Å²) in [6.07, 6.45) is 3.17. The van der Waals surface area contributed by atoms with Crippen LogP contribution in [0.25, 0.3) is 11.4 Å². The van der Waals surface area contributed by atoms with Gasteiger partial charge >= 0.3 is 0 Å². The summed E-state index contributed by atoms with van der Waals surface area (Å²) in [5.41, 5.74) is 12.3. The summed E-state index contributed by atoms with van der Waals surface area (Å²) in [6.45, 7) is 0. The highest BCUT2D eigenvalue weighted by Crippen LogP contribution is 2.26. The topological polar surface area (TPSA) is 94.9 Å². The molecule has 4 N–H and O–H groups in total. The molecule has 1 aromatic heterocycles. The molecule has 0 spiro atoms. The molecule has 2 aromatic rings. The Morgan fingerprint density at radius 1 is 1.12 bits per heavy atom. The van der Waals surface area contributed by atoms with E-state index in [-0.39, 0.29) is 0 Å². The summed E-state index contributed by atoms with van der Waals surface area (Å²) in [7, 11) is 0. The van der Waals surface area contributed by atoms with E-state index in [1.165, 1.54) is 0 Å². The van der Waals surface area contributed by atoms with Crippen LogP contribution in [0, 0.1) is 0 Å². The first kappa shape index (κ1) is 10.1. The number of hydrogen-bond donors (Lipinski definition) is 2. The van der Waals surface area contributed by atoms with Gasteiger partial charge in [-0.3, -0.25) is 4.79 Å². The number of aromatic nitrogens is 2. The lowest BCUT2D eigenvalue weighted by Gasteiger charge is -2.07. The van der Waals surface area contributed by atoms with Crippen LogP contribution in [0.3, 0.4) is 0 Å². The quantitative estimate of drug-likeness (QED) is 0.723. The highest BCUT2D eigenvalue weighted by molar-refractivity contribution is 6.01. The summed E-state index contributed by atoms with van der Waals surface area (Å²) < 4.78 is 0. The second-order valence-corrected chi connectivity index (χ2v) is 3.21. The highest BCUT2D eigenvalue weighted by Gasteiger charge is 2.14. The Hall–Kier alpha value is -2.43. The number of anilines is 1. The number of amides is 1. The van der Waals surface area contributed by atoms with Crippen LogP contribution in [0.2, 0.25) is 0 Å². The molecule has 1 heterocycles. The van der Waals surface area contributed by atoms with Crippen LogP contribution in [0.15, 0.2) is 36.7 Å². The summed E-state index contributed by atoms with van der Waals surface area (Å²) in [5.74, 6) is -0.149. The molecule has 80 valence electrons. The minimum Gasteiger partial charge on any atom is -0.398 e. The van der Waals surface area contributed by atoms with Crippen molar-refractivity contribution in [2.45, 2.75) is 0 Å². The van der Waals surface area contributed by atoms with Gasteiger partial charge in [-0.2, -0.15) is 0 Å². The first-order valence-electron chi connectivity index (χ1n) is 4.66. The molecular weight excluding hydrogens is 204 g/mol. The van der Waals surface area contributed by atoms with Crippen molar-refractivity contribution in [3.63, 3.8) is 0 Å². The Labute approximate surface area is 92.1 Å². The molecule has 2 rings (SSSR count). The van der Waals surface area contributed by atoms with Crippen LogP contribution in [0.5, 0.6) is 0 Å². The van der Waals surface area contributed by atoms with Crippen molar-refractivity contribution in [1.82, 2.24) is 9.97 Å². The smallest absolute Gasteiger partial charge is 0.249 e. The van der Waals surface area contributed by atoms with Gasteiger partial charge < -0.3 is 11.5 Å². The van der Waals surface area contributed by atoms with Gasteiger partial charge in [0.05, 0.1) is 11.1 Å². The number of carbonyl (C=O) groups is 1. The summed E-state index contributed by atoms with van der Waals surface area (Å²) >= 11 is 0. The molecule has 5 heteroatoms. The van der Waals surface area contributed by atoms with Crippen LogP contribution >= 0.6 is 0 Å². The van der Waals surface area contributed by atoms with Crippen LogP contribution in [-0.2, 0) is 0 Å². The van der Waals surface area contributed by atoms with Gasteiger partial charge in [-0.15, -0.1) is 0 Å². The zero-order valence-corrected chi connectivity index (χ0v) is 8.42. The van der Waals surface area contributed by atoms with Crippen molar-refractivity contribution in [2.24, 2.45) is 5.73 Å².